The van der Waals surface area contributed by atoms with Gasteiger partial charge in [-0.3, -0.25) is 0 Å². The number of aryl methyl sites for hydroxylation is 1. The van der Waals surface area contributed by atoms with Crippen LogP contribution in [0.15, 0.2) is 18.2 Å². The largest absolute Gasteiger partial charge is 0.383 e. The van der Waals surface area contributed by atoms with Crippen LogP contribution in [0.4, 0.5) is 5.69 Å². The number of hydrogen-bond acceptors (Lipinski definition) is 2. The molecule has 0 amide bonds. The first-order chi connectivity index (χ1) is 8.97. The van der Waals surface area contributed by atoms with Crippen molar-refractivity contribution in [2.24, 2.45) is 0 Å². The van der Waals surface area contributed by atoms with Gasteiger partial charge < -0.3 is 10.1 Å². The smallest absolute Gasteiger partial charge is 0.190 e. The van der Waals surface area contributed by atoms with Crippen LogP contribution in [0.3, 0.4) is 0 Å². The van der Waals surface area contributed by atoms with Crippen LogP contribution in [0.5, 0.6) is 0 Å². The van der Waals surface area contributed by atoms with E-state index in [1.807, 2.05) is 32.0 Å². The van der Waals surface area contributed by atoms with Gasteiger partial charge >= 0.3 is 0 Å². The highest BCUT2D eigenvalue weighted by Crippen LogP contribution is 2.31. The molecule has 1 aromatic heterocycles. The van der Waals surface area contributed by atoms with Crippen molar-refractivity contribution in [1.29, 1.82) is 0 Å². The summed E-state index contributed by atoms with van der Waals surface area (Å²) in [6.07, 6.45) is 0. The fourth-order valence-electron chi connectivity index (χ4n) is 2.07. The molecule has 0 aliphatic carbocycles. The lowest BCUT2D eigenvalue weighted by Crippen LogP contribution is -2.24. The van der Waals surface area contributed by atoms with Crippen molar-refractivity contribution < 1.29 is 5.11 Å². The molecular weight excluding hydrogens is 256 g/mol. The fraction of sp³-hybridized carbons (Fsp3) is 0.400. The molecule has 1 unspecified atom stereocenters. The fourth-order valence-corrected chi connectivity index (χ4v) is 2.82. The minimum atomic E-state index is -0.869. The maximum atomic E-state index is 10.5. The van der Waals surface area contributed by atoms with E-state index in [0.717, 1.165) is 27.9 Å². The van der Waals surface area contributed by atoms with E-state index in [1.54, 1.807) is 11.8 Å². The average molecular weight is 274 g/mol. The number of H-pyrrole nitrogens is 1. The Labute approximate surface area is 117 Å². The first-order valence-electron chi connectivity index (χ1n) is 6.29. The van der Waals surface area contributed by atoms with Gasteiger partial charge in [-0.05, 0) is 48.7 Å². The predicted molar refractivity (Wildman–Crippen MR) is 81.9 cm³/mol. The zero-order valence-electron chi connectivity index (χ0n) is 11.4. The van der Waals surface area contributed by atoms with Crippen molar-refractivity contribution in [2.75, 3.05) is 11.5 Å². The molecule has 4 heteroatoms. The minimum absolute atomic E-state index is 0.658. The average Bonchev–Trinajstić information content (AvgIpc) is 2.78. The zero-order valence-corrected chi connectivity index (χ0v) is 12.3. The quantitative estimate of drug-likeness (QED) is 0.828. The molecular formula is C15H18N2OS. The molecule has 0 spiro atoms. The molecule has 100 valence electrons. The highest BCUT2D eigenvalue weighted by Gasteiger charge is 2.25. The summed E-state index contributed by atoms with van der Waals surface area (Å²) in [6.45, 7) is 13.0. The third-order valence-corrected chi connectivity index (χ3v) is 4.40. The Hall–Kier alpha value is -1.44. The number of rotatable bonds is 4. The van der Waals surface area contributed by atoms with Gasteiger partial charge in [-0.2, -0.15) is 11.8 Å². The SMILES string of the molecule is [C-]#[N+]c1cc2cc(C(C)(O)CSCC)[nH]c2cc1C. The van der Waals surface area contributed by atoms with E-state index >= 15 is 0 Å². The van der Waals surface area contributed by atoms with E-state index in [-0.39, 0.29) is 0 Å². The second-order valence-electron chi connectivity index (χ2n) is 4.93. The van der Waals surface area contributed by atoms with Crippen LogP contribution in [-0.4, -0.2) is 21.6 Å². The molecule has 0 saturated carbocycles. The Bertz CT molecular complexity index is 637. The third-order valence-electron chi connectivity index (χ3n) is 3.23. The number of hydrogen-bond donors (Lipinski definition) is 2. The summed E-state index contributed by atoms with van der Waals surface area (Å²) in [6, 6.07) is 5.79. The van der Waals surface area contributed by atoms with E-state index in [2.05, 4.69) is 16.8 Å². The van der Waals surface area contributed by atoms with Crippen LogP contribution >= 0.6 is 11.8 Å². The van der Waals surface area contributed by atoms with Gasteiger partial charge in [0.1, 0.15) is 5.60 Å². The van der Waals surface area contributed by atoms with Crippen molar-refractivity contribution in [3.63, 3.8) is 0 Å². The molecule has 1 aromatic carbocycles. The summed E-state index contributed by atoms with van der Waals surface area (Å²) >= 11 is 1.71. The maximum absolute atomic E-state index is 10.5. The van der Waals surface area contributed by atoms with Gasteiger partial charge in [-0.1, -0.05) is 6.92 Å². The van der Waals surface area contributed by atoms with Gasteiger partial charge in [0, 0.05) is 17.0 Å². The number of aliphatic hydroxyl groups is 1. The number of fused-ring (bicyclic) bond motifs is 1. The van der Waals surface area contributed by atoms with Crippen LogP contribution in [0.2, 0.25) is 0 Å². The van der Waals surface area contributed by atoms with Crippen molar-refractivity contribution in [1.82, 2.24) is 4.98 Å². The lowest BCUT2D eigenvalue weighted by Gasteiger charge is -2.21. The number of aromatic nitrogens is 1. The third kappa shape index (κ3) is 2.78. The van der Waals surface area contributed by atoms with Crippen molar-refractivity contribution >= 4 is 28.4 Å². The lowest BCUT2D eigenvalue weighted by molar-refractivity contribution is 0.0800. The van der Waals surface area contributed by atoms with Gasteiger partial charge in [0.2, 0.25) is 0 Å². The number of nitrogens with one attached hydrogen (secondary N) is 1. The summed E-state index contributed by atoms with van der Waals surface area (Å²) in [4.78, 5) is 6.78. The molecule has 2 rings (SSSR count). The van der Waals surface area contributed by atoms with Crippen molar-refractivity contribution in [3.8, 4) is 0 Å². The second-order valence-corrected chi connectivity index (χ2v) is 6.21. The second kappa shape index (κ2) is 5.28. The molecule has 19 heavy (non-hydrogen) atoms. The zero-order chi connectivity index (χ0) is 14.0. The van der Waals surface area contributed by atoms with Crippen molar-refractivity contribution in [2.45, 2.75) is 26.4 Å². The topological polar surface area (TPSA) is 40.4 Å². The van der Waals surface area contributed by atoms with Gasteiger partial charge in [-0.15, -0.1) is 0 Å². The Morgan fingerprint density at radius 2 is 2.16 bits per heavy atom. The number of thioether (sulfide) groups is 1. The highest BCUT2D eigenvalue weighted by atomic mass is 32.2. The summed E-state index contributed by atoms with van der Waals surface area (Å²) in [5, 5.41) is 11.5. The number of aromatic amines is 1. The Balaban J connectivity index is 2.44. The standard InChI is InChI=1S/C15H18N2OS/c1-5-19-9-15(3,18)14-8-11-7-12(16-4)10(2)6-13(11)17-14/h6-8,17-18H,5,9H2,1-3H3. The lowest BCUT2D eigenvalue weighted by atomic mass is 10.1. The molecule has 0 bridgehead atoms. The highest BCUT2D eigenvalue weighted by molar-refractivity contribution is 7.99. The summed E-state index contributed by atoms with van der Waals surface area (Å²) in [7, 11) is 0. The molecule has 0 aliphatic heterocycles. The summed E-state index contributed by atoms with van der Waals surface area (Å²) in [5.74, 6) is 1.64. The van der Waals surface area contributed by atoms with Crippen LogP contribution < -0.4 is 0 Å². The first-order valence-corrected chi connectivity index (χ1v) is 7.45. The van der Waals surface area contributed by atoms with Gasteiger partial charge in [0.05, 0.1) is 6.57 Å². The summed E-state index contributed by atoms with van der Waals surface area (Å²) < 4.78 is 0. The molecule has 0 fully saturated rings. The molecule has 2 aromatic rings. The summed E-state index contributed by atoms with van der Waals surface area (Å²) in [5.41, 5.74) is 2.54. The van der Waals surface area contributed by atoms with E-state index < -0.39 is 5.60 Å². The van der Waals surface area contributed by atoms with Gasteiger partial charge in [0.15, 0.2) is 5.69 Å². The Morgan fingerprint density at radius 3 is 2.79 bits per heavy atom. The Morgan fingerprint density at radius 1 is 1.42 bits per heavy atom. The van der Waals surface area contributed by atoms with E-state index in [0.29, 0.717) is 11.4 Å². The van der Waals surface area contributed by atoms with E-state index in [9.17, 15) is 5.11 Å². The van der Waals surface area contributed by atoms with E-state index in [1.165, 1.54) is 0 Å². The molecule has 0 aliphatic rings. The maximum Gasteiger partial charge on any atom is 0.190 e. The normalized spacial score (nSPS) is 14.3. The van der Waals surface area contributed by atoms with Crippen LogP contribution in [-0.2, 0) is 5.60 Å². The molecule has 0 saturated heterocycles. The molecule has 1 heterocycles. The minimum Gasteiger partial charge on any atom is -0.383 e. The van der Waals surface area contributed by atoms with Gasteiger partial charge in [-0.25, -0.2) is 4.85 Å². The van der Waals surface area contributed by atoms with Crippen LogP contribution in [0, 0.1) is 13.5 Å². The monoisotopic (exact) mass is 274 g/mol. The molecule has 3 nitrogen and oxygen atoms in total. The van der Waals surface area contributed by atoms with E-state index in [4.69, 9.17) is 6.57 Å². The van der Waals surface area contributed by atoms with Gasteiger partial charge in [0.25, 0.3) is 0 Å². The number of nitrogens with zero attached hydrogens (tertiary/aromatic N) is 1. The number of benzene rings is 1. The molecule has 1 atom stereocenters. The van der Waals surface area contributed by atoms with Crippen LogP contribution in [0.25, 0.3) is 15.7 Å². The first kappa shape index (κ1) is 14.0. The predicted octanol–water partition coefficient (Wildman–Crippen LogP) is 3.99. The Kier molecular flexibility index (Phi) is 3.88. The molecule has 0 radical (unpaired) electrons. The molecule has 2 N–H and O–H groups in total. The van der Waals surface area contributed by atoms with Crippen molar-refractivity contribution in [3.05, 3.63) is 40.9 Å². The van der Waals surface area contributed by atoms with Crippen LogP contribution in [0.1, 0.15) is 25.1 Å².